The Bertz CT molecular complexity index is 342. The van der Waals surface area contributed by atoms with Crippen molar-refractivity contribution in [3.8, 4) is 0 Å². The summed E-state index contributed by atoms with van der Waals surface area (Å²) in [6, 6.07) is 0. The van der Waals surface area contributed by atoms with Gasteiger partial charge in [-0.1, -0.05) is 4.49 Å². The van der Waals surface area contributed by atoms with Gasteiger partial charge in [-0.15, -0.1) is 5.10 Å². The molecule has 1 heterocycles. The van der Waals surface area contributed by atoms with E-state index in [1.165, 1.54) is 0 Å². The number of hydrogen-bond donors (Lipinski definition) is 1. The summed E-state index contributed by atoms with van der Waals surface area (Å²) in [6.45, 7) is 0. The highest BCUT2D eigenvalue weighted by molar-refractivity contribution is 7.90. The summed E-state index contributed by atoms with van der Waals surface area (Å²) in [5, 5.41) is 3.48. The Morgan fingerprint density at radius 3 is 2.64 bits per heavy atom. The molecule has 0 saturated heterocycles. The molecule has 0 bridgehead atoms. The second-order valence-electron chi connectivity index (χ2n) is 2.15. The Morgan fingerprint density at radius 2 is 2.27 bits per heavy atom. The monoisotopic (exact) mass is 193 g/mol. The third kappa shape index (κ3) is 2.43. The molecule has 2 N–H and O–H groups in total. The molecule has 7 heteroatoms. The van der Waals surface area contributed by atoms with Gasteiger partial charge in [0.1, 0.15) is 0 Å². The SMILES string of the molecule is CS(=O)(=O)Cc1snnc1N. The van der Waals surface area contributed by atoms with Crippen LogP contribution in [0.15, 0.2) is 0 Å². The molecule has 0 aliphatic rings. The van der Waals surface area contributed by atoms with Crippen molar-refractivity contribution < 1.29 is 8.42 Å². The fourth-order valence-electron chi connectivity index (χ4n) is 0.555. The smallest absolute Gasteiger partial charge is 0.162 e. The van der Waals surface area contributed by atoms with Gasteiger partial charge in [0, 0.05) is 6.26 Å². The highest BCUT2D eigenvalue weighted by Gasteiger charge is 2.10. The predicted octanol–water partition coefficient (Wildman–Crippen LogP) is -0.335. The molecule has 1 rings (SSSR count). The van der Waals surface area contributed by atoms with Crippen molar-refractivity contribution in [1.82, 2.24) is 9.59 Å². The van der Waals surface area contributed by atoms with Gasteiger partial charge in [-0.3, -0.25) is 0 Å². The molecule has 0 aromatic carbocycles. The summed E-state index contributed by atoms with van der Waals surface area (Å²) in [7, 11) is -3.02. The number of nitrogen functional groups attached to an aromatic ring is 1. The topological polar surface area (TPSA) is 85.9 Å². The number of nitrogens with two attached hydrogens (primary N) is 1. The Morgan fingerprint density at radius 1 is 1.64 bits per heavy atom. The van der Waals surface area contributed by atoms with Gasteiger partial charge in [0.25, 0.3) is 0 Å². The average molecular weight is 193 g/mol. The predicted molar refractivity (Wildman–Crippen MR) is 42.9 cm³/mol. The molecular formula is C4H7N3O2S2. The standard InChI is InChI=1S/C4H7N3O2S2/c1-11(8,9)2-3-4(5)6-7-10-3/h2,5H2,1H3. The van der Waals surface area contributed by atoms with Crippen LogP contribution in [0.5, 0.6) is 0 Å². The molecule has 0 saturated carbocycles. The molecule has 62 valence electrons. The first-order valence-corrected chi connectivity index (χ1v) is 5.57. The summed E-state index contributed by atoms with van der Waals surface area (Å²) >= 11 is 1.01. The van der Waals surface area contributed by atoms with Crippen molar-refractivity contribution in [3.63, 3.8) is 0 Å². The average Bonchev–Trinajstić information content (AvgIpc) is 2.12. The number of rotatable bonds is 2. The molecule has 0 radical (unpaired) electrons. The second kappa shape index (κ2) is 2.74. The van der Waals surface area contributed by atoms with Crippen molar-refractivity contribution in [3.05, 3.63) is 4.88 Å². The minimum atomic E-state index is -3.02. The van der Waals surface area contributed by atoms with Gasteiger partial charge >= 0.3 is 0 Å². The summed E-state index contributed by atoms with van der Waals surface area (Å²) < 4.78 is 25.0. The third-order valence-corrected chi connectivity index (χ3v) is 2.71. The van der Waals surface area contributed by atoms with Gasteiger partial charge < -0.3 is 5.73 Å². The minimum absolute atomic E-state index is 0.0729. The second-order valence-corrected chi connectivity index (χ2v) is 5.13. The van der Waals surface area contributed by atoms with Crippen LogP contribution >= 0.6 is 11.5 Å². The first-order valence-electron chi connectivity index (χ1n) is 2.73. The Kier molecular flexibility index (Phi) is 2.10. The lowest BCUT2D eigenvalue weighted by Gasteiger charge is -1.92. The molecule has 0 unspecified atom stereocenters. The molecule has 0 aliphatic heterocycles. The Hall–Kier alpha value is -0.690. The van der Waals surface area contributed by atoms with Crippen LogP contribution < -0.4 is 5.73 Å². The zero-order valence-electron chi connectivity index (χ0n) is 5.81. The molecular weight excluding hydrogens is 186 g/mol. The molecule has 5 nitrogen and oxygen atoms in total. The van der Waals surface area contributed by atoms with E-state index in [4.69, 9.17) is 5.73 Å². The molecule has 0 spiro atoms. The van der Waals surface area contributed by atoms with Crippen LogP contribution in [0.1, 0.15) is 4.88 Å². The summed E-state index contributed by atoms with van der Waals surface area (Å²) in [5.74, 6) is 0.136. The fraction of sp³-hybridized carbons (Fsp3) is 0.500. The maximum atomic E-state index is 10.7. The first-order chi connectivity index (χ1) is 4.99. The van der Waals surface area contributed by atoms with Crippen LogP contribution in [-0.4, -0.2) is 24.3 Å². The Balaban J connectivity index is 2.89. The van der Waals surface area contributed by atoms with E-state index in [-0.39, 0.29) is 11.6 Å². The lowest BCUT2D eigenvalue weighted by molar-refractivity contribution is 0.601. The van der Waals surface area contributed by atoms with Crippen molar-refractivity contribution in [2.24, 2.45) is 0 Å². The van der Waals surface area contributed by atoms with E-state index in [1.54, 1.807) is 0 Å². The largest absolute Gasteiger partial charge is 0.381 e. The molecule has 0 atom stereocenters. The van der Waals surface area contributed by atoms with E-state index in [1.807, 2.05) is 0 Å². The number of anilines is 1. The number of sulfone groups is 1. The van der Waals surface area contributed by atoms with Crippen molar-refractivity contribution >= 4 is 27.2 Å². The van der Waals surface area contributed by atoms with Crippen LogP contribution in [0.4, 0.5) is 5.82 Å². The van der Waals surface area contributed by atoms with Crippen LogP contribution in [0.3, 0.4) is 0 Å². The minimum Gasteiger partial charge on any atom is -0.381 e. The fourth-order valence-corrected chi connectivity index (χ4v) is 2.39. The van der Waals surface area contributed by atoms with Gasteiger partial charge in [-0.2, -0.15) is 0 Å². The molecule has 1 aromatic rings. The van der Waals surface area contributed by atoms with E-state index in [0.29, 0.717) is 4.88 Å². The van der Waals surface area contributed by atoms with Gasteiger partial charge in [0.15, 0.2) is 15.7 Å². The summed E-state index contributed by atoms with van der Waals surface area (Å²) in [4.78, 5) is 0.507. The van der Waals surface area contributed by atoms with Crippen molar-refractivity contribution in [2.45, 2.75) is 5.75 Å². The van der Waals surface area contributed by atoms with Crippen LogP contribution in [0, 0.1) is 0 Å². The molecule has 0 aliphatic carbocycles. The van der Waals surface area contributed by atoms with E-state index in [2.05, 4.69) is 9.59 Å². The normalized spacial score (nSPS) is 11.7. The lowest BCUT2D eigenvalue weighted by Crippen LogP contribution is -2.01. The van der Waals surface area contributed by atoms with E-state index in [0.717, 1.165) is 17.8 Å². The maximum Gasteiger partial charge on any atom is 0.162 e. The van der Waals surface area contributed by atoms with E-state index >= 15 is 0 Å². The first kappa shape index (κ1) is 8.41. The molecule has 0 amide bonds. The van der Waals surface area contributed by atoms with Crippen LogP contribution in [0.25, 0.3) is 0 Å². The zero-order chi connectivity index (χ0) is 8.48. The van der Waals surface area contributed by atoms with Gasteiger partial charge in [-0.25, -0.2) is 8.42 Å². The van der Waals surface area contributed by atoms with Gasteiger partial charge in [0.2, 0.25) is 0 Å². The van der Waals surface area contributed by atoms with Crippen molar-refractivity contribution in [1.29, 1.82) is 0 Å². The van der Waals surface area contributed by atoms with Gasteiger partial charge in [0.05, 0.1) is 10.6 Å². The van der Waals surface area contributed by atoms with Gasteiger partial charge in [-0.05, 0) is 11.5 Å². The van der Waals surface area contributed by atoms with E-state index < -0.39 is 9.84 Å². The Labute approximate surface area is 68.3 Å². The highest BCUT2D eigenvalue weighted by atomic mass is 32.2. The number of hydrogen-bond acceptors (Lipinski definition) is 6. The summed E-state index contributed by atoms with van der Waals surface area (Å²) in [6.07, 6.45) is 1.14. The third-order valence-electron chi connectivity index (χ3n) is 0.979. The summed E-state index contributed by atoms with van der Waals surface area (Å²) in [5.41, 5.74) is 5.32. The molecule has 0 fully saturated rings. The number of nitrogens with zero attached hydrogens (tertiary/aromatic N) is 2. The zero-order valence-corrected chi connectivity index (χ0v) is 7.44. The highest BCUT2D eigenvalue weighted by Crippen LogP contribution is 2.14. The van der Waals surface area contributed by atoms with Crippen molar-refractivity contribution in [2.75, 3.05) is 12.0 Å². The lowest BCUT2D eigenvalue weighted by atomic mass is 10.6. The van der Waals surface area contributed by atoms with Crippen LogP contribution in [0.2, 0.25) is 0 Å². The maximum absolute atomic E-state index is 10.7. The molecule has 1 aromatic heterocycles. The quantitative estimate of drug-likeness (QED) is 0.694. The molecule has 11 heavy (non-hydrogen) atoms. The van der Waals surface area contributed by atoms with E-state index in [9.17, 15) is 8.42 Å². The van der Waals surface area contributed by atoms with Crippen LogP contribution in [-0.2, 0) is 15.6 Å². The number of aromatic nitrogens is 2.